The standard InChI is InChI=1S/C14H14N2O4/c1-8-11(10-3-2-5-20-10)13(17)12(14(15)18)9-7-19-6-4-16(8)9/h2-3,5H,4,6-7H2,1H3,(H2,15,18). The van der Waals surface area contributed by atoms with Crippen molar-refractivity contribution in [2.75, 3.05) is 6.61 Å². The summed E-state index contributed by atoms with van der Waals surface area (Å²) < 4.78 is 12.6. The zero-order valence-electron chi connectivity index (χ0n) is 11.0. The molecule has 6 heteroatoms. The number of pyridine rings is 1. The Morgan fingerprint density at radius 1 is 1.45 bits per heavy atom. The van der Waals surface area contributed by atoms with Crippen LogP contribution in [0.4, 0.5) is 0 Å². The van der Waals surface area contributed by atoms with Gasteiger partial charge in [0.1, 0.15) is 11.3 Å². The number of aromatic nitrogens is 1. The maximum absolute atomic E-state index is 12.6. The van der Waals surface area contributed by atoms with Gasteiger partial charge in [-0.15, -0.1) is 0 Å². The second-order valence-electron chi connectivity index (χ2n) is 4.66. The number of rotatable bonds is 2. The maximum atomic E-state index is 12.6. The summed E-state index contributed by atoms with van der Waals surface area (Å²) in [5.74, 6) is -0.297. The van der Waals surface area contributed by atoms with Crippen molar-refractivity contribution in [1.82, 2.24) is 4.57 Å². The fourth-order valence-corrected chi connectivity index (χ4v) is 2.64. The number of ether oxygens (including phenoxy) is 1. The molecule has 0 atom stereocenters. The molecule has 0 unspecified atom stereocenters. The molecule has 6 nitrogen and oxygen atoms in total. The third-order valence-electron chi connectivity index (χ3n) is 3.55. The number of nitrogens with two attached hydrogens (primary N) is 1. The van der Waals surface area contributed by atoms with Crippen LogP contribution in [-0.4, -0.2) is 17.1 Å². The Kier molecular flexibility index (Phi) is 2.94. The molecule has 1 aliphatic rings. The van der Waals surface area contributed by atoms with E-state index < -0.39 is 11.3 Å². The van der Waals surface area contributed by atoms with Crippen LogP contribution in [0.2, 0.25) is 0 Å². The van der Waals surface area contributed by atoms with Gasteiger partial charge in [0.15, 0.2) is 0 Å². The summed E-state index contributed by atoms with van der Waals surface area (Å²) in [6, 6.07) is 3.40. The van der Waals surface area contributed by atoms with Gasteiger partial charge in [0.05, 0.1) is 30.7 Å². The van der Waals surface area contributed by atoms with Crippen LogP contribution in [0.1, 0.15) is 21.7 Å². The summed E-state index contributed by atoms with van der Waals surface area (Å²) >= 11 is 0. The van der Waals surface area contributed by atoms with Gasteiger partial charge in [-0.25, -0.2) is 0 Å². The SMILES string of the molecule is Cc1c(-c2ccco2)c(=O)c(C(N)=O)c2n1CCOC2. The molecule has 0 aromatic carbocycles. The summed E-state index contributed by atoms with van der Waals surface area (Å²) in [5, 5.41) is 0. The Bertz CT molecular complexity index is 729. The minimum atomic E-state index is -0.739. The lowest BCUT2D eigenvalue weighted by Crippen LogP contribution is -2.33. The Labute approximate surface area is 114 Å². The van der Waals surface area contributed by atoms with Crippen LogP contribution in [0.25, 0.3) is 11.3 Å². The maximum Gasteiger partial charge on any atom is 0.254 e. The summed E-state index contributed by atoms with van der Waals surface area (Å²) in [5.41, 5.74) is 6.64. The third-order valence-corrected chi connectivity index (χ3v) is 3.55. The van der Waals surface area contributed by atoms with Crippen LogP contribution in [0, 0.1) is 6.92 Å². The summed E-state index contributed by atoms with van der Waals surface area (Å²) in [6.07, 6.45) is 1.49. The zero-order chi connectivity index (χ0) is 14.3. The predicted octanol–water partition coefficient (Wildman–Crippen LogP) is 1.05. The number of carbonyl (C=O) groups excluding carboxylic acids is 1. The zero-order valence-corrected chi connectivity index (χ0v) is 11.0. The Hall–Kier alpha value is -2.34. The lowest BCUT2D eigenvalue weighted by molar-refractivity contribution is 0.0797. The molecule has 0 bridgehead atoms. The van der Waals surface area contributed by atoms with Gasteiger partial charge in [0.2, 0.25) is 5.43 Å². The average molecular weight is 274 g/mol. The molecular weight excluding hydrogens is 260 g/mol. The fraction of sp³-hybridized carbons (Fsp3) is 0.286. The molecule has 0 saturated carbocycles. The molecule has 0 saturated heterocycles. The van der Waals surface area contributed by atoms with Gasteiger partial charge in [0.25, 0.3) is 5.91 Å². The van der Waals surface area contributed by atoms with E-state index in [4.69, 9.17) is 14.9 Å². The predicted molar refractivity (Wildman–Crippen MR) is 71.3 cm³/mol. The van der Waals surface area contributed by atoms with Crippen LogP contribution in [0.15, 0.2) is 27.6 Å². The van der Waals surface area contributed by atoms with Crippen LogP contribution < -0.4 is 11.2 Å². The first kappa shape index (κ1) is 12.7. The first-order valence-corrected chi connectivity index (χ1v) is 6.29. The van der Waals surface area contributed by atoms with Crippen molar-refractivity contribution in [3.63, 3.8) is 0 Å². The summed E-state index contributed by atoms with van der Waals surface area (Å²) in [7, 11) is 0. The molecule has 3 rings (SSSR count). The van der Waals surface area contributed by atoms with Gasteiger partial charge < -0.3 is 19.5 Å². The van der Waals surface area contributed by atoms with Crippen LogP contribution in [0.5, 0.6) is 0 Å². The fourth-order valence-electron chi connectivity index (χ4n) is 2.64. The van der Waals surface area contributed by atoms with Crippen molar-refractivity contribution in [2.24, 2.45) is 5.73 Å². The van der Waals surface area contributed by atoms with Gasteiger partial charge in [-0.1, -0.05) is 0 Å². The summed E-state index contributed by atoms with van der Waals surface area (Å²) in [4.78, 5) is 24.2. The van der Waals surface area contributed by atoms with Gasteiger partial charge in [0, 0.05) is 12.2 Å². The topological polar surface area (TPSA) is 87.5 Å². The average Bonchev–Trinajstić information content (AvgIpc) is 2.92. The Morgan fingerprint density at radius 2 is 2.25 bits per heavy atom. The minimum absolute atomic E-state index is 0.0123. The molecule has 0 aliphatic carbocycles. The molecule has 3 heterocycles. The monoisotopic (exact) mass is 274 g/mol. The lowest BCUT2D eigenvalue weighted by Gasteiger charge is -2.25. The molecule has 2 aromatic heterocycles. The molecule has 0 radical (unpaired) electrons. The van der Waals surface area contributed by atoms with E-state index in [1.54, 1.807) is 12.1 Å². The number of hydrogen-bond acceptors (Lipinski definition) is 4. The smallest absolute Gasteiger partial charge is 0.254 e. The van der Waals surface area contributed by atoms with Crippen molar-refractivity contribution >= 4 is 5.91 Å². The van der Waals surface area contributed by atoms with Crippen LogP contribution >= 0.6 is 0 Å². The van der Waals surface area contributed by atoms with Gasteiger partial charge >= 0.3 is 0 Å². The van der Waals surface area contributed by atoms with E-state index in [2.05, 4.69) is 0 Å². The first-order valence-electron chi connectivity index (χ1n) is 6.29. The first-order chi connectivity index (χ1) is 9.61. The van der Waals surface area contributed by atoms with Crippen LogP contribution in [-0.2, 0) is 17.9 Å². The number of furan rings is 1. The van der Waals surface area contributed by atoms with Crippen molar-refractivity contribution in [3.8, 4) is 11.3 Å². The molecule has 1 amide bonds. The summed E-state index contributed by atoms with van der Waals surface area (Å²) in [6.45, 7) is 3.16. The number of fused-ring (bicyclic) bond motifs is 1. The Balaban J connectivity index is 2.40. The molecule has 1 aliphatic heterocycles. The second-order valence-corrected chi connectivity index (χ2v) is 4.66. The van der Waals surface area contributed by atoms with Crippen molar-refractivity contribution in [3.05, 3.63) is 45.6 Å². The number of carbonyl (C=O) groups is 1. The van der Waals surface area contributed by atoms with E-state index in [0.29, 0.717) is 30.2 Å². The van der Waals surface area contributed by atoms with E-state index in [1.165, 1.54) is 6.26 Å². The third kappa shape index (κ3) is 1.77. The number of amides is 1. The number of primary amides is 1. The lowest BCUT2D eigenvalue weighted by atomic mass is 10.0. The highest BCUT2D eigenvalue weighted by Crippen LogP contribution is 2.25. The van der Waals surface area contributed by atoms with Crippen molar-refractivity contribution in [2.45, 2.75) is 20.1 Å². The molecule has 2 N–H and O–H groups in total. The van der Waals surface area contributed by atoms with E-state index in [0.717, 1.165) is 5.69 Å². The van der Waals surface area contributed by atoms with E-state index in [9.17, 15) is 9.59 Å². The van der Waals surface area contributed by atoms with Crippen molar-refractivity contribution < 1.29 is 13.9 Å². The normalized spacial score (nSPS) is 14.1. The van der Waals surface area contributed by atoms with Gasteiger partial charge in [-0.2, -0.15) is 0 Å². The second kappa shape index (κ2) is 4.64. The number of nitrogens with zero attached hydrogens (tertiary/aromatic N) is 1. The molecule has 20 heavy (non-hydrogen) atoms. The molecule has 104 valence electrons. The molecule has 0 fully saturated rings. The van der Waals surface area contributed by atoms with Gasteiger partial charge in [-0.05, 0) is 19.1 Å². The quantitative estimate of drug-likeness (QED) is 0.886. The highest BCUT2D eigenvalue weighted by atomic mass is 16.5. The Morgan fingerprint density at radius 3 is 2.90 bits per heavy atom. The number of hydrogen-bond donors (Lipinski definition) is 1. The van der Waals surface area contributed by atoms with E-state index in [-0.39, 0.29) is 12.2 Å². The minimum Gasteiger partial charge on any atom is -0.464 e. The van der Waals surface area contributed by atoms with Crippen LogP contribution in [0.3, 0.4) is 0 Å². The molecule has 2 aromatic rings. The van der Waals surface area contributed by atoms with E-state index >= 15 is 0 Å². The molecular formula is C14H14N2O4. The molecule has 0 spiro atoms. The largest absolute Gasteiger partial charge is 0.464 e. The van der Waals surface area contributed by atoms with Gasteiger partial charge in [-0.3, -0.25) is 9.59 Å². The highest BCUT2D eigenvalue weighted by molar-refractivity contribution is 5.95. The van der Waals surface area contributed by atoms with E-state index in [1.807, 2.05) is 11.5 Å². The highest BCUT2D eigenvalue weighted by Gasteiger charge is 2.26. The van der Waals surface area contributed by atoms with Crippen molar-refractivity contribution in [1.29, 1.82) is 0 Å².